The second-order valence-electron chi connectivity index (χ2n) is 7.05. The van der Waals surface area contributed by atoms with Gasteiger partial charge in [-0.2, -0.15) is 4.80 Å². The van der Waals surface area contributed by atoms with E-state index in [4.69, 9.17) is 4.74 Å². The molecular formula is C22H30N4O. The predicted octanol–water partition coefficient (Wildman–Crippen LogP) is 5.23. The Hall–Kier alpha value is -2.56. The first-order valence-electron chi connectivity index (χ1n) is 9.94. The van der Waals surface area contributed by atoms with Gasteiger partial charge >= 0.3 is 0 Å². The van der Waals surface area contributed by atoms with Crippen LogP contribution in [0.25, 0.3) is 16.7 Å². The number of aromatic nitrogens is 3. The first kappa shape index (κ1) is 19.2. The molecule has 0 bridgehead atoms. The van der Waals surface area contributed by atoms with Crippen molar-refractivity contribution in [1.82, 2.24) is 15.0 Å². The van der Waals surface area contributed by atoms with E-state index < -0.39 is 0 Å². The van der Waals surface area contributed by atoms with Crippen LogP contribution in [0, 0.1) is 0 Å². The van der Waals surface area contributed by atoms with Gasteiger partial charge in [0.05, 0.1) is 12.8 Å². The molecule has 1 heterocycles. The average Bonchev–Trinajstić information content (AvgIpc) is 3.13. The molecule has 0 atom stereocenters. The molecule has 1 aromatic heterocycles. The van der Waals surface area contributed by atoms with Crippen molar-refractivity contribution < 1.29 is 4.74 Å². The van der Waals surface area contributed by atoms with Crippen molar-refractivity contribution in [2.24, 2.45) is 0 Å². The maximum absolute atomic E-state index is 5.26. The second-order valence-corrected chi connectivity index (χ2v) is 7.05. The summed E-state index contributed by atoms with van der Waals surface area (Å²) < 4.78 is 5.26. The van der Waals surface area contributed by atoms with E-state index in [1.165, 1.54) is 44.2 Å². The topological polar surface area (TPSA) is 43.2 Å². The normalized spacial score (nSPS) is 11.1. The molecule has 0 N–H and O–H groups in total. The van der Waals surface area contributed by atoms with Crippen LogP contribution in [0.15, 0.2) is 42.5 Å². The zero-order chi connectivity index (χ0) is 19.1. The average molecular weight is 367 g/mol. The highest BCUT2D eigenvalue weighted by Crippen LogP contribution is 2.20. The Morgan fingerprint density at radius 1 is 0.889 bits per heavy atom. The van der Waals surface area contributed by atoms with Crippen LogP contribution in [0.1, 0.15) is 45.4 Å². The number of benzene rings is 2. The third-order valence-corrected chi connectivity index (χ3v) is 4.96. The summed E-state index contributed by atoms with van der Waals surface area (Å²) >= 11 is 0. The van der Waals surface area contributed by atoms with E-state index in [-0.39, 0.29) is 0 Å². The van der Waals surface area contributed by atoms with E-state index in [0.29, 0.717) is 0 Å². The number of fused-ring (bicyclic) bond motifs is 1. The Labute approximate surface area is 161 Å². The fraction of sp³-hybridized carbons (Fsp3) is 0.455. The number of rotatable bonds is 10. The van der Waals surface area contributed by atoms with Crippen LogP contribution in [-0.2, 0) is 0 Å². The van der Waals surface area contributed by atoms with Gasteiger partial charge in [-0.25, -0.2) is 0 Å². The third-order valence-electron chi connectivity index (χ3n) is 4.96. The molecule has 2 aromatic carbocycles. The molecule has 0 radical (unpaired) electrons. The summed E-state index contributed by atoms with van der Waals surface area (Å²) in [4.78, 5) is 4.00. The minimum absolute atomic E-state index is 0.793. The first-order valence-corrected chi connectivity index (χ1v) is 9.94. The number of unbranched alkanes of at least 4 members (excludes halogenated alkanes) is 5. The molecule has 5 heteroatoms. The summed E-state index contributed by atoms with van der Waals surface area (Å²) in [6, 6.07) is 14.2. The fourth-order valence-corrected chi connectivity index (χ4v) is 3.24. The standard InChI is InChI=1S/C22H30N4O/c1-4-5-6-7-8-9-16-25(2)18-10-12-19(13-11-18)26-23-21-15-14-20(27-3)17-22(21)24-26/h10-15,17H,4-9,16H2,1-3H3. The van der Waals surface area contributed by atoms with Crippen molar-refractivity contribution in [3.05, 3.63) is 42.5 Å². The highest BCUT2D eigenvalue weighted by molar-refractivity contribution is 5.75. The molecular weight excluding hydrogens is 336 g/mol. The minimum atomic E-state index is 0.793. The summed E-state index contributed by atoms with van der Waals surface area (Å²) in [5.41, 5.74) is 3.88. The molecule has 0 saturated heterocycles. The van der Waals surface area contributed by atoms with Gasteiger partial charge in [0.25, 0.3) is 0 Å². The summed E-state index contributed by atoms with van der Waals surface area (Å²) in [5, 5.41) is 9.12. The Morgan fingerprint density at radius 3 is 2.33 bits per heavy atom. The highest BCUT2D eigenvalue weighted by atomic mass is 16.5. The maximum atomic E-state index is 5.26. The van der Waals surface area contributed by atoms with Crippen molar-refractivity contribution in [1.29, 1.82) is 0 Å². The molecule has 0 amide bonds. The van der Waals surface area contributed by atoms with E-state index in [9.17, 15) is 0 Å². The molecule has 0 saturated carbocycles. The molecule has 0 aliphatic carbocycles. The molecule has 0 unspecified atom stereocenters. The van der Waals surface area contributed by atoms with Gasteiger partial charge in [0.15, 0.2) is 0 Å². The quantitative estimate of drug-likeness (QED) is 0.461. The first-order chi connectivity index (χ1) is 13.2. The molecule has 3 rings (SSSR count). The number of anilines is 1. The minimum Gasteiger partial charge on any atom is -0.497 e. The van der Waals surface area contributed by atoms with Gasteiger partial charge in [-0.3, -0.25) is 0 Å². The lowest BCUT2D eigenvalue weighted by molar-refractivity contribution is 0.415. The molecule has 0 fully saturated rings. The maximum Gasteiger partial charge on any atom is 0.121 e. The lowest BCUT2D eigenvalue weighted by atomic mass is 10.1. The fourth-order valence-electron chi connectivity index (χ4n) is 3.24. The molecule has 5 nitrogen and oxygen atoms in total. The van der Waals surface area contributed by atoms with E-state index in [1.54, 1.807) is 11.9 Å². The Bertz CT molecular complexity index is 841. The van der Waals surface area contributed by atoms with Gasteiger partial charge in [-0.15, -0.1) is 10.2 Å². The van der Waals surface area contributed by atoms with Crippen LogP contribution in [0.2, 0.25) is 0 Å². The number of nitrogens with zero attached hydrogens (tertiary/aromatic N) is 4. The zero-order valence-electron chi connectivity index (χ0n) is 16.7. The number of hydrogen-bond acceptors (Lipinski definition) is 4. The summed E-state index contributed by atoms with van der Waals surface area (Å²) in [5.74, 6) is 0.793. The number of methoxy groups -OCH3 is 1. The van der Waals surface area contributed by atoms with Crippen LogP contribution in [0.4, 0.5) is 5.69 Å². The van der Waals surface area contributed by atoms with Crippen molar-refractivity contribution in [2.45, 2.75) is 45.4 Å². The van der Waals surface area contributed by atoms with E-state index in [2.05, 4.69) is 53.3 Å². The van der Waals surface area contributed by atoms with Crippen molar-refractivity contribution >= 4 is 16.7 Å². The lowest BCUT2D eigenvalue weighted by Gasteiger charge is -2.19. The molecule has 3 aromatic rings. The number of hydrogen-bond donors (Lipinski definition) is 0. The van der Waals surface area contributed by atoms with Crippen molar-refractivity contribution in [3.63, 3.8) is 0 Å². The second kappa shape index (κ2) is 9.40. The molecule has 0 aliphatic heterocycles. The van der Waals surface area contributed by atoms with Gasteiger partial charge in [0.1, 0.15) is 16.8 Å². The Balaban J connectivity index is 1.59. The molecule has 27 heavy (non-hydrogen) atoms. The Morgan fingerprint density at radius 2 is 1.59 bits per heavy atom. The summed E-state index contributed by atoms with van der Waals surface area (Å²) in [7, 11) is 3.82. The van der Waals surface area contributed by atoms with Gasteiger partial charge in [0.2, 0.25) is 0 Å². The molecule has 0 spiro atoms. The van der Waals surface area contributed by atoms with Gasteiger partial charge in [0, 0.05) is 25.3 Å². The van der Waals surface area contributed by atoms with Crippen LogP contribution >= 0.6 is 0 Å². The monoisotopic (exact) mass is 366 g/mol. The van der Waals surface area contributed by atoms with Crippen LogP contribution in [-0.4, -0.2) is 35.7 Å². The van der Waals surface area contributed by atoms with Crippen molar-refractivity contribution in [3.8, 4) is 11.4 Å². The van der Waals surface area contributed by atoms with E-state index >= 15 is 0 Å². The van der Waals surface area contributed by atoms with E-state index in [0.717, 1.165) is 29.0 Å². The predicted molar refractivity (Wildman–Crippen MR) is 112 cm³/mol. The largest absolute Gasteiger partial charge is 0.497 e. The lowest BCUT2D eigenvalue weighted by Crippen LogP contribution is -2.18. The van der Waals surface area contributed by atoms with Gasteiger partial charge in [-0.1, -0.05) is 39.0 Å². The van der Waals surface area contributed by atoms with Crippen molar-refractivity contribution in [2.75, 3.05) is 25.6 Å². The van der Waals surface area contributed by atoms with Gasteiger partial charge in [-0.05, 0) is 42.8 Å². The Kier molecular flexibility index (Phi) is 6.69. The smallest absolute Gasteiger partial charge is 0.121 e. The molecule has 144 valence electrons. The van der Waals surface area contributed by atoms with Crippen LogP contribution in [0.5, 0.6) is 5.75 Å². The van der Waals surface area contributed by atoms with Crippen LogP contribution < -0.4 is 9.64 Å². The summed E-state index contributed by atoms with van der Waals surface area (Å²) in [6.07, 6.45) is 7.95. The summed E-state index contributed by atoms with van der Waals surface area (Å²) in [6.45, 7) is 3.35. The van der Waals surface area contributed by atoms with E-state index in [1.807, 2.05) is 18.2 Å². The zero-order valence-corrected chi connectivity index (χ0v) is 16.7. The SMILES string of the molecule is CCCCCCCCN(C)c1ccc(-n2nc3ccc(OC)cc3n2)cc1. The number of ether oxygens (including phenoxy) is 1. The third kappa shape index (κ3) is 5.00. The van der Waals surface area contributed by atoms with Crippen LogP contribution in [0.3, 0.4) is 0 Å². The van der Waals surface area contributed by atoms with Gasteiger partial charge < -0.3 is 9.64 Å². The highest BCUT2D eigenvalue weighted by Gasteiger charge is 2.07. The molecule has 0 aliphatic rings.